The molecule has 0 atom stereocenters. The topological polar surface area (TPSA) is 3.24 Å². The number of nitrogens with zero attached hydrogens (tertiary/aromatic N) is 1. The predicted octanol–water partition coefficient (Wildman–Crippen LogP) is 3.56. The minimum absolute atomic E-state index is 0. The Balaban J connectivity index is 0.00000128. The van der Waals surface area contributed by atoms with Crippen LogP contribution >= 0.6 is 12.4 Å². The van der Waals surface area contributed by atoms with Gasteiger partial charge < -0.3 is 4.90 Å². The molecule has 1 nitrogen and oxygen atoms in total. The van der Waals surface area contributed by atoms with Crippen molar-refractivity contribution in [2.75, 3.05) is 12.7 Å². The minimum atomic E-state index is -0.881. The molecule has 0 spiro atoms. The Kier molecular flexibility index (Phi) is 5.03. The van der Waals surface area contributed by atoms with E-state index in [1.807, 2.05) is 0 Å². The van der Waals surface area contributed by atoms with Gasteiger partial charge in [-0.1, -0.05) is 49.5 Å². The van der Waals surface area contributed by atoms with E-state index in [-0.39, 0.29) is 12.4 Å². The molecule has 1 aliphatic heterocycles. The van der Waals surface area contributed by atoms with Crippen LogP contribution in [-0.2, 0) is 6.54 Å². The van der Waals surface area contributed by atoms with Crippen molar-refractivity contribution in [1.29, 1.82) is 0 Å². The normalized spacial score (nSPS) is 20.1. The highest BCUT2D eigenvalue weighted by atomic mass is 35.5. The number of rotatable bonds is 2. The molecule has 1 aromatic carbocycles. The summed E-state index contributed by atoms with van der Waals surface area (Å²) in [6, 6.07) is 12.4. The van der Waals surface area contributed by atoms with Crippen LogP contribution in [0.25, 0.3) is 0 Å². The molecule has 2 rings (SSSR count). The van der Waals surface area contributed by atoms with Crippen LogP contribution in [0.5, 0.6) is 0 Å². The molecule has 0 unspecified atom stereocenters. The molecular formula is C13H22ClNSi. The summed E-state index contributed by atoms with van der Waals surface area (Å²) in [4.78, 5) is 2.64. The second kappa shape index (κ2) is 5.85. The lowest BCUT2D eigenvalue weighted by molar-refractivity contribution is 0.290. The zero-order valence-corrected chi connectivity index (χ0v) is 12.1. The number of halogens is 1. The van der Waals surface area contributed by atoms with Gasteiger partial charge in [-0.05, 0) is 24.7 Å². The summed E-state index contributed by atoms with van der Waals surface area (Å²) in [5.74, 6) is 0. The lowest BCUT2D eigenvalue weighted by atomic mass is 10.2. The van der Waals surface area contributed by atoms with Crippen LogP contribution in [0.2, 0.25) is 19.1 Å². The molecule has 0 aromatic heterocycles. The van der Waals surface area contributed by atoms with E-state index >= 15 is 0 Å². The average molecular weight is 256 g/mol. The Labute approximate surface area is 106 Å². The molecule has 3 heteroatoms. The van der Waals surface area contributed by atoms with Gasteiger partial charge in [-0.15, -0.1) is 12.4 Å². The van der Waals surface area contributed by atoms with Gasteiger partial charge in [-0.25, -0.2) is 0 Å². The zero-order valence-electron chi connectivity index (χ0n) is 10.3. The van der Waals surface area contributed by atoms with Crippen molar-refractivity contribution in [3.8, 4) is 0 Å². The van der Waals surface area contributed by atoms with E-state index in [1.54, 1.807) is 0 Å². The van der Waals surface area contributed by atoms with Crippen LogP contribution < -0.4 is 0 Å². The highest BCUT2D eigenvalue weighted by Crippen LogP contribution is 2.21. The molecule has 1 fully saturated rings. The Bertz CT molecular complexity index is 313. The smallest absolute Gasteiger partial charge is 0.0630 e. The molecule has 1 heterocycles. The van der Waals surface area contributed by atoms with Crippen molar-refractivity contribution in [3.05, 3.63) is 35.9 Å². The average Bonchev–Trinajstić information content (AvgIpc) is 2.17. The quantitative estimate of drug-likeness (QED) is 0.731. The van der Waals surface area contributed by atoms with Gasteiger partial charge in [-0.2, -0.15) is 0 Å². The van der Waals surface area contributed by atoms with E-state index in [4.69, 9.17) is 0 Å². The highest BCUT2D eigenvalue weighted by molar-refractivity contribution is 6.77. The molecule has 0 saturated carbocycles. The molecule has 0 N–H and O–H groups in total. The van der Waals surface area contributed by atoms with E-state index in [1.165, 1.54) is 30.7 Å². The monoisotopic (exact) mass is 255 g/mol. The van der Waals surface area contributed by atoms with E-state index < -0.39 is 8.07 Å². The largest absolute Gasteiger partial charge is 0.302 e. The number of benzene rings is 1. The van der Waals surface area contributed by atoms with Gasteiger partial charge in [-0.3, -0.25) is 0 Å². The third kappa shape index (κ3) is 3.93. The van der Waals surface area contributed by atoms with Crippen LogP contribution in [-0.4, -0.2) is 25.7 Å². The fourth-order valence-corrected chi connectivity index (χ4v) is 5.28. The summed E-state index contributed by atoms with van der Waals surface area (Å²) in [5, 5.41) is 0. The van der Waals surface area contributed by atoms with Crippen LogP contribution in [0, 0.1) is 0 Å². The maximum absolute atomic E-state index is 2.64. The minimum Gasteiger partial charge on any atom is -0.302 e. The van der Waals surface area contributed by atoms with Crippen molar-refractivity contribution < 1.29 is 0 Å². The van der Waals surface area contributed by atoms with Gasteiger partial charge in [0.05, 0.1) is 8.07 Å². The first-order valence-corrected chi connectivity index (χ1v) is 9.33. The van der Waals surface area contributed by atoms with Gasteiger partial charge >= 0.3 is 0 Å². The molecule has 90 valence electrons. The third-order valence-electron chi connectivity index (χ3n) is 3.23. The maximum Gasteiger partial charge on any atom is 0.0630 e. The van der Waals surface area contributed by atoms with Crippen molar-refractivity contribution in [2.45, 2.75) is 32.1 Å². The van der Waals surface area contributed by atoms with E-state index in [9.17, 15) is 0 Å². The van der Waals surface area contributed by atoms with Gasteiger partial charge in [0.1, 0.15) is 0 Å². The predicted molar refractivity (Wildman–Crippen MR) is 75.9 cm³/mol. The Morgan fingerprint density at radius 1 is 1.19 bits per heavy atom. The van der Waals surface area contributed by atoms with Crippen molar-refractivity contribution in [2.24, 2.45) is 0 Å². The zero-order chi connectivity index (χ0) is 10.7. The van der Waals surface area contributed by atoms with Crippen molar-refractivity contribution in [1.82, 2.24) is 4.90 Å². The van der Waals surface area contributed by atoms with Gasteiger partial charge in [0, 0.05) is 6.54 Å². The summed E-state index contributed by atoms with van der Waals surface area (Å²) >= 11 is 0. The van der Waals surface area contributed by atoms with Crippen molar-refractivity contribution in [3.63, 3.8) is 0 Å². The summed E-state index contributed by atoms with van der Waals surface area (Å²) < 4.78 is 0. The first-order chi connectivity index (χ1) is 7.16. The summed E-state index contributed by atoms with van der Waals surface area (Å²) in [5.41, 5.74) is 1.46. The first-order valence-electron chi connectivity index (χ1n) is 5.92. The third-order valence-corrected chi connectivity index (χ3v) is 6.24. The second-order valence-corrected chi connectivity index (χ2v) is 10.6. The van der Waals surface area contributed by atoms with Crippen LogP contribution in [0.1, 0.15) is 12.0 Å². The van der Waals surface area contributed by atoms with Crippen LogP contribution in [0.4, 0.5) is 0 Å². The van der Waals surface area contributed by atoms with Crippen LogP contribution in [0.3, 0.4) is 0 Å². The summed E-state index contributed by atoms with van der Waals surface area (Å²) in [7, 11) is -0.881. The molecule has 1 aliphatic rings. The van der Waals surface area contributed by atoms with Gasteiger partial charge in [0.25, 0.3) is 0 Å². The first kappa shape index (κ1) is 13.8. The van der Waals surface area contributed by atoms with E-state index in [2.05, 4.69) is 48.3 Å². The SMILES string of the molecule is C[Si]1(C)CCCN(Cc2ccccc2)C1.Cl. The van der Waals surface area contributed by atoms with Crippen LogP contribution in [0.15, 0.2) is 30.3 Å². The molecule has 0 aliphatic carbocycles. The second-order valence-electron chi connectivity index (χ2n) is 5.46. The molecule has 0 amide bonds. The number of hydrogen-bond donors (Lipinski definition) is 0. The Hall–Kier alpha value is -0.313. The van der Waals surface area contributed by atoms with Gasteiger partial charge in [0.2, 0.25) is 0 Å². The highest BCUT2D eigenvalue weighted by Gasteiger charge is 2.27. The Morgan fingerprint density at radius 2 is 1.88 bits per heavy atom. The lowest BCUT2D eigenvalue weighted by Gasteiger charge is -2.36. The maximum atomic E-state index is 2.64. The summed E-state index contributed by atoms with van der Waals surface area (Å²) in [6.45, 7) is 7.48. The molecule has 1 aromatic rings. The molecular weight excluding hydrogens is 234 g/mol. The fraction of sp³-hybridized carbons (Fsp3) is 0.538. The summed E-state index contributed by atoms with van der Waals surface area (Å²) in [6.07, 6.45) is 2.79. The molecule has 0 radical (unpaired) electrons. The molecule has 1 saturated heterocycles. The fourth-order valence-electron chi connectivity index (χ4n) is 2.52. The Morgan fingerprint density at radius 3 is 2.50 bits per heavy atom. The number of hydrogen-bond acceptors (Lipinski definition) is 1. The standard InChI is InChI=1S/C13H21NSi.ClH/c1-15(2)10-6-9-14(12-15)11-13-7-4-3-5-8-13;/h3-5,7-8H,6,9-12H2,1-2H3;1H. The molecule has 16 heavy (non-hydrogen) atoms. The molecule has 0 bridgehead atoms. The van der Waals surface area contributed by atoms with E-state index in [0.29, 0.717) is 0 Å². The lowest BCUT2D eigenvalue weighted by Crippen LogP contribution is -2.47. The van der Waals surface area contributed by atoms with E-state index in [0.717, 1.165) is 6.54 Å². The van der Waals surface area contributed by atoms with Crippen molar-refractivity contribution >= 4 is 20.5 Å². The van der Waals surface area contributed by atoms with Gasteiger partial charge in [0.15, 0.2) is 0 Å².